The lowest BCUT2D eigenvalue weighted by Gasteiger charge is -2.20. The van der Waals surface area contributed by atoms with Crippen LogP contribution in [0, 0.1) is 0 Å². The molecule has 0 radical (unpaired) electrons. The SMILES string of the molecule is CCC(C)NC(C(=O)OC)c1sccc1Br. The molecule has 2 unspecified atom stereocenters. The van der Waals surface area contributed by atoms with Gasteiger partial charge < -0.3 is 4.74 Å². The molecule has 1 heterocycles. The first kappa shape index (κ1) is 13.7. The van der Waals surface area contributed by atoms with Crippen LogP contribution >= 0.6 is 27.3 Å². The standard InChI is InChI=1S/C11H16BrNO2S/c1-4-7(2)13-9(11(14)15-3)10-8(12)5-6-16-10/h5-7,9,13H,4H2,1-3H3. The van der Waals surface area contributed by atoms with Gasteiger partial charge in [0.2, 0.25) is 0 Å². The van der Waals surface area contributed by atoms with Crippen LogP contribution in [-0.2, 0) is 9.53 Å². The molecule has 3 nitrogen and oxygen atoms in total. The zero-order valence-corrected chi connectivity index (χ0v) is 12.0. The van der Waals surface area contributed by atoms with E-state index >= 15 is 0 Å². The van der Waals surface area contributed by atoms with Crippen molar-refractivity contribution in [3.8, 4) is 0 Å². The predicted molar refractivity (Wildman–Crippen MR) is 69.7 cm³/mol. The van der Waals surface area contributed by atoms with E-state index < -0.39 is 0 Å². The molecule has 0 fully saturated rings. The topological polar surface area (TPSA) is 38.3 Å². The summed E-state index contributed by atoms with van der Waals surface area (Å²) in [7, 11) is 1.41. The molecule has 0 bridgehead atoms. The highest BCUT2D eigenvalue weighted by Gasteiger charge is 2.25. The van der Waals surface area contributed by atoms with E-state index in [9.17, 15) is 4.79 Å². The van der Waals surface area contributed by atoms with Gasteiger partial charge in [0.1, 0.15) is 6.04 Å². The van der Waals surface area contributed by atoms with Crippen molar-refractivity contribution in [3.63, 3.8) is 0 Å². The fraction of sp³-hybridized carbons (Fsp3) is 0.545. The summed E-state index contributed by atoms with van der Waals surface area (Å²) in [5.74, 6) is -0.247. The summed E-state index contributed by atoms with van der Waals surface area (Å²) in [6.45, 7) is 4.13. The lowest BCUT2D eigenvalue weighted by molar-refractivity contribution is -0.143. The zero-order chi connectivity index (χ0) is 12.1. The molecule has 90 valence electrons. The Morgan fingerprint density at radius 3 is 2.81 bits per heavy atom. The Morgan fingerprint density at radius 2 is 2.38 bits per heavy atom. The maximum atomic E-state index is 11.7. The average Bonchev–Trinajstić information content (AvgIpc) is 2.70. The van der Waals surface area contributed by atoms with E-state index in [4.69, 9.17) is 4.74 Å². The summed E-state index contributed by atoms with van der Waals surface area (Å²) in [6.07, 6.45) is 0.969. The molecule has 0 aliphatic carbocycles. The molecular weight excluding hydrogens is 290 g/mol. The predicted octanol–water partition coefficient (Wildman–Crippen LogP) is 3.11. The Labute approximate surface area is 108 Å². The van der Waals surface area contributed by atoms with Crippen LogP contribution < -0.4 is 5.32 Å². The molecule has 1 aromatic heterocycles. The average molecular weight is 306 g/mol. The molecule has 0 aliphatic rings. The summed E-state index contributed by atoms with van der Waals surface area (Å²) in [5.41, 5.74) is 0. The number of ether oxygens (including phenoxy) is 1. The highest BCUT2D eigenvalue weighted by atomic mass is 79.9. The molecule has 2 atom stereocenters. The maximum Gasteiger partial charge on any atom is 0.328 e. The molecule has 0 aliphatic heterocycles. The first-order valence-electron chi connectivity index (χ1n) is 5.16. The minimum Gasteiger partial charge on any atom is -0.468 e. The summed E-state index contributed by atoms with van der Waals surface area (Å²) in [4.78, 5) is 12.7. The number of nitrogens with one attached hydrogen (secondary N) is 1. The van der Waals surface area contributed by atoms with Crippen LogP contribution in [0.25, 0.3) is 0 Å². The second-order valence-electron chi connectivity index (χ2n) is 3.56. The first-order chi connectivity index (χ1) is 7.60. The van der Waals surface area contributed by atoms with E-state index in [0.717, 1.165) is 15.8 Å². The molecule has 0 aromatic carbocycles. The van der Waals surface area contributed by atoms with Crippen molar-refractivity contribution in [2.45, 2.75) is 32.4 Å². The van der Waals surface area contributed by atoms with Gasteiger partial charge in [-0.2, -0.15) is 0 Å². The fourth-order valence-corrected chi connectivity index (χ4v) is 2.93. The first-order valence-corrected chi connectivity index (χ1v) is 6.84. The summed E-state index contributed by atoms with van der Waals surface area (Å²) in [5, 5.41) is 5.22. The van der Waals surface area contributed by atoms with E-state index in [1.165, 1.54) is 7.11 Å². The third-order valence-electron chi connectivity index (χ3n) is 2.41. The smallest absolute Gasteiger partial charge is 0.328 e. The van der Waals surface area contributed by atoms with Crippen LogP contribution in [0.2, 0.25) is 0 Å². The largest absolute Gasteiger partial charge is 0.468 e. The van der Waals surface area contributed by atoms with Gasteiger partial charge in [-0.15, -0.1) is 11.3 Å². The molecule has 5 heteroatoms. The van der Waals surface area contributed by atoms with Gasteiger partial charge in [0, 0.05) is 15.4 Å². The monoisotopic (exact) mass is 305 g/mol. The van der Waals surface area contributed by atoms with E-state index in [1.807, 2.05) is 11.4 Å². The van der Waals surface area contributed by atoms with E-state index in [2.05, 4.69) is 35.1 Å². The van der Waals surface area contributed by atoms with Crippen molar-refractivity contribution >= 4 is 33.2 Å². The number of halogens is 1. The number of carbonyl (C=O) groups excluding carboxylic acids is 1. The van der Waals surface area contributed by atoms with Gasteiger partial charge in [0.05, 0.1) is 7.11 Å². The quantitative estimate of drug-likeness (QED) is 0.850. The van der Waals surface area contributed by atoms with Gasteiger partial charge in [0.25, 0.3) is 0 Å². The van der Waals surface area contributed by atoms with Crippen molar-refractivity contribution < 1.29 is 9.53 Å². The number of thiophene rings is 1. The van der Waals surface area contributed by atoms with Gasteiger partial charge in [0.15, 0.2) is 0 Å². The van der Waals surface area contributed by atoms with Gasteiger partial charge in [-0.1, -0.05) is 6.92 Å². The lowest BCUT2D eigenvalue weighted by Crippen LogP contribution is -2.35. The number of hydrogen-bond donors (Lipinski definition) is 1. The van der Waals surface area contributed by atoms with Crippen molar-refractivity contribution in [2.75, 3.05) is 7.11 Å². The molecule has 1 aromatic rings. The number of rotatable bonds is 5. The summed E-state index contributed by atoms with van der Waals surface area (Å²) in [6, 6.07) is 1.83. The molecule has 0 spiro atoms. The van der Waals surface area contributed by atoms with E-state index in [0.29, 0.717) is 0 Å². The van der Waals surface area contributed by atoms with Gasteiger partial charge >= 0.3 is 5.97 Å². The third kappa shape index (κ3) is 3.30. The highest BCUT2D eigenvalue weighted by molar-refractivity contribution is 9.10. The summed E-state index contributed by atoms with van der Waals surface area (Å²) < 4.78 is 5.77. The highest BCUT2D eigenvalue weighted by Crippen LogP contribution is 2.30. The van der Waals surface area contributed by atoms with Gasteiger partial charge in [-0.3, -0.25) is 5.32 Å². The molecule has 1 rings (SSSR count). The second-order valence-corrected chi connectivity index (χ2v) is 5.37. The summed E-state index contributed by atoms with van der Waals surface area (Å²) >= 11 is 4.98. The van der Waals surface area contributed by atoms with Crippen molar-refractivity contribution in [1.29, 1.82) is 0 Å². The van der Waals surface area contributed by atoms with Crippen LogP contribution in [0.15, 0.2) is 15.9 Å². The minimum atomic E-state index is -0.380. The van der Waals surface area contributed by atoms with Crippen LogP contribution in [0.4, 0.5) is 0 Å². The Bertz CT molecular complexity index is 354. The third-order valence-corrected chi connectivity index (χ3v) is 4.34. The fourth-order valence-electron chi connectivity index (χ4n) is 1.28. The normalized spacial score (nSPS) is 14.5. The number of carbonyl (C=O) groups is 1. The molecule has 1 N–H and O–H groups in total. The maximum absolute atomic E-state index is 11.7. The molecule has 16 heavy (non-hydrogen) atoms. The van der Waals surface area contributed by atoms with Crippen LogP contribution in [-0.4, -0.2) is 19.1 Å². The Morgan fingerprint density at radius 1 is 1.69 bits per heavy atom. The van der Waals surface area contributed by atoms with Crippen LogP contribution in [0.5, 0.6) is 0 Å². The van der Waals surface area contributed by atoms with E-state index in [-0.39, 0.29) is 18.1 Å². The van der Waals surface area contributed by atoms with Gasteiger partial charge in [-0.25, -0.2) is 4.79 Å². The van der Waals surface area contributed by atoms with Crippen molar-refractivity contribution in [2.24, 2.45) is 0 Å². The van der Waals surface area contributed by atoms with Crippen molar-refractivity contribution in [1.82, 2.24) is 5.32 Å². The lowest BCUT2D eigenvalue weighted by atomic mass is 10.2. The molecule has 0 saturated heterocycles. The minimum absolute atomic E-state index is 0.247. The number of hydrogen-bond acceptors (Lipinski definition) is 4. The molecular formula is C11H16BrNO2S. The second kappa shape index (κ2) is 6.37. The number of methoxy groups -OCH3 is 1. The van der Waals surface area contributed by atoms with E-state index in [1.54, 1.807) is 11.3 Å². The van der Waals surface area contributed by atoms with Crippen LogP contribution in [0.3, 0.4) is 0 Å². The van der Waals surface area contributed by atoms with Crippen molar-refractivity contribution in [3.05, 3.63) is 20.8 Å². The molecule has 0 amide bonds. The molecule has 0 saturated carbocycles. The Balaban J connectivity index is 2.88. The number of esters is 1. The Kier molecular flexibility index (Phi) is 5.44. The van der Waals surface area contributed by atoms with Crippen LogP contribution in [0.1, 0.15) is 31.2 Å². The Hall–Kier alpha value is -0.390. The zero-order valence-electron chi connectivity index (χ0n) is 9.62. The van der Waals surface area contributed by atoms with Gasteiger partial charge in [-0.05, 0) is 40.7 Å².